The summed E-state index contributed by atoms with van der Waals surface area (Å²) in [5.41, 5.74) is 1.99. The summed E-state index contributed by atoms with van der Waals surface area (Å²) in [7, 11) is 0. The summed E-state index contributed by atoms with van der Waals surface area (Å²) in [6.45, 7) is 4.10. The fraction of sp³-hybridized carbons (Fsp3) is 0.500. The van der Waals surface area contributed by atoms with Crippen LogP contribution in [0.2, 0.25) is 0 Å². The van der Waals surface area contributed by atoms with Crippen LogP contribution < -0.4 is 4.90 Å². The molecule has 0 radical (unpaired) electrons. The Morgan fingerprint density at radius 1 is 1.32 bits per heavy atom. The number of carboxylic acid groups (broad SMARTS) is 1. The average molecular weight is 440 g/mol. The van der Waals surface area contributed by atoms with Gasteiger partial charge in [0.15, 0.2) is 0 Å². The Bertz CT molecular complexity index is 869. The zero-order chi connectivity index (χ0) is 22.4. The van der Waals surface area contributed by atoms with Crippen LogP contribution in [-0.2, 0) is 20.9 Å². The normalized spacial score (nSPS) is 23.0. The van der Waals surface area contributed by atoms with Gasteiger partial charge in [0.25, 0.3) is 0 Å². The van der Waals surface area contributed by atoms with E-state index >= 15 is 0 Å². The zero-order valence-electron chi connectivity index (χ0n) is 16.8. The summed E-state index contributed by atoms with van der Waals surface area (Å²) < 4.78 is 43.9. The Morgan fingerprint density at radius 3 is 2.74 bits per heavy atom. The van der Waals surface area contributed by atoms with Crippen LogP contribution in [0.3, 0.4) is 0 Å². The summed E-state index contributed by atoms with van der Waals surface area (Å²) >= 11 is 0. The zero-order valence-corrected chi connectivity index (χ0v) is 16.8. The van der Waals surface area contributed by atoms with Crippen LogP contribution in [-0.4, -0.2) is 63.6 Å². The third-order valence-corrected chi connectivity index (χ3v) is 5.03. The second-order valence-electron chi connectivity index (χ2n) is 7.16. The molecular weight excluding hydrogens is 417 g/mol. The number of alkyl halides is 3. The Hall–Kier alpha value is -2.79. The van der Waals surface area contributed by atoms with Crippen molar-refractivity contribution in [2.24, 2.45) is 0 Å². The third-order valence-electron chi connectivity index (χ3n) is 5.03. The number of pyridine rings is 1. The highest BCUT2D eigenvalue weighted by atomic mass is 19.4. The first-order valence-electron chi connectivity index (χ1n) is 9.74. The van der Waals surface area contributed by atoms with E-state index in [1.165, 1.54) is 0 Å². The number of halogens is 3. The number of carboxylic acids is 1. The molecule has 0 bridgehead atoms. The van der Waals surface area contributed by atoms with Crippen LogP contribution in [0, 0.1) is 6.92 Å². The van der Waals surface area contributed by atoms with Crippen LogP contribution in [0.15, 0.2) is 36.8 Å². The molecule has 2 aliphatic rings. The topological polar surface area (TPSA) is 97.7 Å². The number of morpholine rings is 1. The molecule has 31 heavy (non-hydrogen) atoms. The van der Waals surface area contributed by atoms with E-state index in [1.807, 2.05) is 31.2 Å². The molecule has 1 N–H and O–H groups in total. The minimum atomic E-state index is -5.08. The van der Waals surface area contributed by atoms with E-state index in [-0.39, 0.29) is 12.2 Å². The number of fused-ring (bicyclic) bond motifs is 1. The number of ether oxygens (including phenoxy) is 2. The maximum Gasteiger partial charge on any atom is 0.490 e. The standard InChI is InChI=1S/C18H22N4O2.C2HF3O2/c1-13-3-2-4-14(21-13)11-24-16-6-5-15-18(16)23-10-9-22(15)17-7-8-19-12-20-17;3-2(4,5)1(6)7/h2-4,7-8,12,15-16,18H,5-6,9-11H2,1H3;(H,6,7)/t15-,16+,18+;/m0./s1. The molecular formula is C20H23F3N4O4. The van der Waals surface area contributed by atoms with Gasteiger partial charge in [-0.2, -0.15) is 13.2 Å². The molecule has 1 saturated heterocycles. The predicted octanol–water partition coefficient (Wildman–Crippen LogP) is 2.77. The van der Waals surface area contributed by atoms with Gasteiger partial charge < -0.3 is 19.5 Å². The smallest absolute Gasteiger partial charge is 0.475 e. The minimum absolute atomic E-state index is 0.0959. The van der Waals surface area contributed by atoms with Crippen molar-refractivity contribution in [2.45, 2.75) is 50.8 Å². The van der Waals surface area contributed by atoms with Gasteiger partial charge in [-0.1, -0.05) is 6.07 Å². The molecule has 2 aromatic heterocycles. The van der Waals surface area contributed by atoms with Gasteiger partial charge in [0.05, 0.1) is 31.1 Å². The lowest BCUT2D eigenvalue weighted by Gasteiger charge is -2.39. The first-order chi connectivity index (χ1) is 14.8. The average Bonchev–Trinajstić information content (AvgIpc) is 3.16. The van der Waals surface area contributed by atoms with E-state index in [4.69, 9.17) is 19.4 Å². The Labute approximate surface area is 177 Å². The van der Waals surface area contributed by atoms with Gasteiger partial charge in [0.1, 0.15) is 18.2 Å². The summed E-state index contributed by atoms with van der Waals surface area (Å²) in [6, 6.07) is 8.32. The molecule has 2 aromatic rings. The Kier molecular flexibility index (Phi) is 7.39. The van der Waals surface area contributed by atoms with Gasteiger partial charge >= 0.3 is 12.1 Å². The molecule has 1 saturated carbocycles. The number of aryl methyl sites for hydroxylation is 1. The quantitative estimate of drug-likeness (QED) is 0.775. The molecule has 3 heterocycles. The summed E-state index contributed by atoms with van der Waals surface area (Å²) in [5.74, 6) is -1.78. The minimum Gasteiger partial charge on any atom is -0.475 e. The molecule has 0 aromatic carbocycles. The molecule has 4 rings (SSSR count). The van der Waals surface area contributed by atoms with Crippen molar-refractivity contribution in [1.29, 1.82) is 0 Å². The van der Waals surface area contributed by atoms with E-state index < -0.39 is 12.1 Å². The van der Waals surface area contributed by atoms with Gasteiger partial charge in [-0.25, -0.2) is 14.8 Å². The fourth-order valence-electron chi connectivity index (χ4n) is 3.70. The number of nitrogens with zero attached hydrogens (tertiary/aromatic N) is 4. The predicted molar refractivity (Wildman–Crippen MR) is 103 cm³/mol. The van der Waals surface area contributed by atoms with Gasteiger partial charge in [0, 0.05) is 18.4 Å². The Balaban J connectivity index is 0.000000339. The van der Waals surface area contributed by atoms with Gasteiger partial charge in [-0.15, -0.1) is 0 Å². The van der Waals surface area contributed by atoms with Gasteiger partial charge in [-0.3, -0.25) is 4.98 Å². The molecule has 3 atom stereocenters. The highest BCUT2D eigenvalue weighted by Gasteiger charge is 2.44. The van der Waals surface area contributed by atoms with Crippen molar-refractivity contribution >= 4 is 11.8 Å². The highest BCUT2D eigenvalue weighted by Crippen LogP contribution is 2.34. The monoisotopic (exact) mass is 440 g/mol. The lowest BCUT2D eigenvalue weighted by atomic mass is 10.1. The largest absolute Gasteiger partial charge is 0.490 e. The molecule has 0 unspecified atom stereocenters. The third kappa shape index (κ3) is 6.11. The van der Waals surface area contributed by atoms with Crippen molar-refractivity contribution in [3.8, 4) is 0 Å². The van der Waals surface area contributed by atoms with Crippen LogP contribution in [0.4, 0.5) is 19.0 Å². The second kappa shape index (κ2) is 10.0. The number of hydrogen-bond donors (Lipinski definition) is 1. The van der Waals surface area contributed by atoms with Crippen LogP contribution in [0.5, 0.6) is 0 Å². The van der Waals surface area contributed by atoms with Crippen molar-refractivity contribution in [3.05, 3.63) is 48.2 Å². The molecule has 0 spiro atoms. The fourth-order valence-corrected chi connectivity index (χ4v) is 3.70. The van der Waals surface area contributed by atoms with E-state index in [9.17, 15) is 13.2 Å². The van der Waals surface area contributed by atoms with Crippen LogP contribution >= 0.6 is 0 Å². The summed E-state index contributed by atoms with van der Waals surface area (Å²) in [5, 5.41) is 7.12. The van der Waals surface area contributed by atoms with Crippen molar-refractivity contribution < 1.29 is 32.5 Å². The molecule has 0 amide bonds. The van der Waals surface area contributed by atoms with E-state index in [0.717, 1.165) is 36.6 Å². The number of aromatic nitrogens is 3. The SMILES string of the molecule is Cc1cccc(CO[C@@H]2CC[C@H]3[C@H]2OCCN3c2ccncn2)n1.O=C(O)C(F)(F)F. The number of rotatable bonds is 4. The maximum atomic E-state index is 10.6. The van der Waals surface area contributed by atoms with E-state index in [0.29, 0.717) is 19.3 Å². The number of carbonyl (C=O) groups is 1. The number of aliphatic carboxylic acids is 1. The molecule has 11 heteroatoms. The lowest BCUT2D eigenvalue weighted by molar-refractivity contribution is -0.192. The molecule has 2 fully saturated rings. The molecule has 168 valence electrons. The van der Waals surface area contributed by atoms with Crippen LogP contribution in [0.1, 0.15) is 24.2 Å². The van der Waals surface area contributed by atoms with E-state index in [1.54, 1.807) is 12.5 Å². The number of anilines is 1. The first kappa shape index (κ1) is 22.9. The van der Waals surface area contributed by atoms with Crippen molar-refractivity contribution in [3.63, 3.8) is 0 Å². The molecule has 1 aliphatic carbocycles. The molecule has 1 aliphatic heterocycles. The lowest BCUT2D eigenvalue weighted by Crippen LogP contribution is -2.52. The second-order valence-corrected chi connectivity index (χ2v) is 7.16. The van der Waals surface area contributed by atoms with Gasteiger partial charge in [-0.05, 0) is 38.0 Å². The first-order valence-corrected chi connectivity index (χ1v) is 9.74. The summed E-state index contributed by atoms with van der Waals surface area (Å²) in [4.78, 5) is 24.2. The van der Waals surface area contributed by atoms with E-state index in [2.05, 4.69) is 19.9 Å². The number of hydrogen-bond acceptors (Lipinski definition) is 7. The van der Waals surface area contributed by atoms with Crippen molar-refractivity contribution in [2.75, 3.05) is 18.1 Å². The summed E-state index contributed by atoms with van der Waals surface area (Å²) in [6.07, 6.45) is 0.578. The van der Waals surface area contributed by atoms with Crippen molar-refractivity contribution in [1.82, 2.24) is 15.0 Å². The maximum absolute atomic E-state index is 10.6. The van der Waals surface area contributed by atoms with Gasteiger partial charge in [0.2, 0.25) is 0 Å². The molecule has 8 nitrogen and oxygen atoms in total. The Morgan fingerprint density at radius 2 is 2.10 bits per heavy atom. The highest BCUT2D eigenvalue weighted by molar-refractivity contribution is 5.73. The van der Waals surface area contributed by atoms with Crippen LogP contribution in [0.25, 0.3) is 0 Å².